The Hall–Kier alpha value is -3.04. The summed E-state index contributed by atoms with van der Waals surface area (Å²) < 4.78 is 1.37. The standard InChI is InChI=1S/C29H26N2S/c1-17(2)14-18-12-13-19-23(15-18)30-16-31-27(19)21-9-7-10-22-25(21)29(3,4)26-20-8-5-6-11-24(20)32-28(22)26/h5-13,15-17H,14H2,1-4H3. The summed E-state index contributed by atoms with van der Waals surface area (Å²) in [6, 6.07) is 22.2. The molecule has 3 heteroatoms. The van der Waals surface area contributed by atoms with Crippen molar-refractivity contribution < 1.29 is 0 Å². The van der Waals surface area contributed by atoms with Crippen LogP contribution in [0.2, 0.25) is 0 Å². The number of aromatic nitrogens is 2. The molecule has 6 rings (SSSR count). The van der Waals surface area contributed by atoms with Gasteiger partial charge in [-0.15, -0.1) is 11.3 Å². The van der Waals surface area contributed by atoms with Gasteiger partial charge in [0.05, 0.1) is 11.2 Å². The van der Waals surface area contributed by atoms with Gasteiger partial charge in [-0.3, -0.25) is 0 Å². The van der Waals surface area contributed by atoms with Crippen LogP contribution in [0.3, 0.4) is 0 Å². The van der Waals surface area contributed by atoms with Crippen molar-refractivity contribution in [3.63, 3.8) is 0 Å². The zero-order valence-corrected chi connectivity index (χ0v) is 19.8. The fourth-order valence-electron chi connectivity index (χ4n) is 5.51. The Labute approximate surface area is 193 Å². The molecule has 0 fully saturated rings. The van der Waals surface area contributed by atoms with E-state index in [1.165, 1.54) is 42.8 Å². The van der Waals surface area contributed by atoms with E-state index in [1.807, 2.05) is 11.3 Å². The molecule has 0 saturated carbocycles. The topological polar surface area (TPSA) is 25.8 Å². The molecule has 0 aliphatic heterocycles. The van der Waals surface area contributed by atoms with Gasteiger partial charge in [-0.2, -0.15) is 0 Å². The van der Waals surface area contributed by atoms with Crippen molar-refractivity contribution in [1.29, 1.82) is 0 Å². The Morgan fingerprint density at radius 2 is 1.66 bits per heavy atom. The van der Waals surface area contributed by atoms with Gasteiger partial charge in [0.1, 0.15) is 6.33 Å². The molecule has 0 atom stereocenters. The maximum Gasteiger partial charge on any atom is 0.116 e. The Bertz CT molecular complexity index is 1510. The molecule has 5 aromatic rings. The maximum atomic E-state index is 4.81. The van der Waals surface area contributed by atoms with Crippen molar-refractivity contribution in [2.45, 2.75) is 39.5 Å². The fraction of sp³-hybridized carbons (Fsp3) is 0.241. The Morgan fingerprint density at radius 3 is 2.50 bits per heavy atom. The lowest BCUT2D eigenvalue weighted by molar-refractivity contribution is 0.647. The summed E-state index contributed by atoms with van der Waals surface area (Å²) in [7, 11) is 0. The molecule has 1 aliphatic carbocycles. The molecular formula is C29H26N2S. The van der Waals surface area contributed by atoms with Crippen LogP contribution in [-0.4, -0.2) is 9.97 Å². The summed E-state index contributed by atoms with van der Waals surface area (Å²) in [5, 5.41) is 2.51. The molecule has 2 nitrogen and oxygen atoms in total. The molecule has 0 bridgehead atoms. The van der Waals surface area contributed by atoms with Crippen LogP contribution in [0, 0.1) is 5.92 Å². The lowest BCUT2D eigenvalue weighted by atomic mass is 9.78. The van der Waals surface area contributed by atoms with Crippen LogP contribution in [-0.2, 0) is 11.8 Å². The highest BCUT2D eigenvalue weighted by molar-refractivity contribution is 7.22. The Kier molecular flexibility index (Phi) is 4.28. The zero-order chi connectivity index (χ0) is 22.0. The van der Waals surface area contributed by atoms with E-state index in [0.29, 0.717) is 5.92 Å². The largest absolute Gasteiger partial charge is 0.236 e. The maximum absolute atomic E-state index is 4.81. The van der Waals surface area contributed by atoms with Crippen molar-refractivity contribution in [3.8, 4) is 21.7 Å². The van der Waals surface area contributed by atoms with E-state index in [2.05, 4.69) is 93.3 Å². The second-order valence-electron chi connectivity index (χ2n) is 9.83. The third kappa shape index (κ3) is 2.77. The number of hydrogen-bond acceptors (Lipinski definition) is 3. The van der Waals surface area contributed by atoms with E-state index in [-0.39, 0.29) is 5.41 Å². The number of benzene rings is 3. The average molecular weight is 435 g/mol. The second-order valence-corrected chi connectivity index (χ2v) is 10.9. The number of rotatable bonds is 3. The van der Waals surface area contributed by atoms with E-state index in [0.717, 1.165) is 23.0 Å². The van der Waals surface area contributed by atoms with Gasteiger partial charge in [-0.1, -0.05) is 76.2 Å². The van der Waals surface area contributed by atoms with Crippen LogP contribution in [0.4, 0.5) is 0 Å². The van der Waals surface area contributed by atoms with Gasteiger partial charge in [0.25, 0.3) is 0 Å². The van der Waals surface area contributed by atoms with Crippen LogP contribution >= 0.6 is 11.3 Å². The van der Waals surface area contributed by atoms with Gasteiger partial charge < -0.3 is 0 Å². The normalized spacial score (nSPS) is 14.3. The first-order chi connectivity index (χ1) is 15.4. The van der Waals surface area contributed by atoms with E-state index in [4.69, 9.17) is 4.98 Å². The summed E-state index contributed by atoms with van der Waals surface area (Å²) in [5.74, 6) is 0.626. The molecule has 2 heterocycles. The first-order valence-corrected chi connectivity index (χ1v) is 12.2. The predicted octanol–water partition coefficient (Wildman–Crippen LogP) is 8.02. The molecule has 0 amide bonds. The zero-order valence-electron chi connectivity index (χ0n) is 18.9. The van der Waals surface area contributed by atoms with Crippen LogP contribution in [0.1, 0.15) is 44.4 Å². The molecule has 1 aliphatic rings. The lowest BCUT2D eigenvalue weighted by Gasteiger charge is -2.25. The lowest BCUT2D eigenvalue weighted by Crippen LogP contribution is -2.16. The van der Waals surface area contributed by atoms with E-state index >= 15 is 0 Å². The van der Waals surface area contributed by atoms with Crippen molar-refractivity contribution in [2.75, 3.05) is 0 Å². The third-order valence-electron chi connectivity index (χ3n) is 6.75. The smallest absolute Gasteiger partial charge is 0.116 e. The number of nitrogens with zero attached hydrogens (tertiary/aromatic N) is 2. The number of fused-ring (bicyclic) bond motifs is 6. The summed E-state index contributed by atoms with van der Waals surface area (Å²) in [5.41, 5.74) is 8.74. The van der Waals surface area contributed by atoms with E-state index in [9.17, 15) is 0 Å². The Morgan fingerprint density at radius 1 is 0.844 bits per heavy atom. The van der Waals surface area contributed by atoms with Crippen molar-refractivity contribution in [3.05, 3.63) is 83.7 Å². The van der Waals surface area contributed by atoms with Gasteiger partial charge in [0.2, 0.25) is 0 Å². The molecule has 0 radical (unpaired) electrons. The van der Waals surface area contributed by atoms with E-state index in [1.54, 1.807) is 6.33 Å². The molecule has 0 unspecified atom stereocenters. The minimum absolute atomic E-state index is 0.0876. The third-order valence-corrected chi connectivity index (χ3v) is 7.96. The molecular weight excluding hydrogens is 408 g/mol. The summed E-state index contributed by atoms with van der Waals surface area (Å²) in [6.07, 6.45) is 2.79. The summed E-state index contributed by atoms with van der Waals surface area (Å²) in [4.78, 5) is 10.8. The predicted molar refractivity (Wildman–Crippen MR) is 136 cm³/mol. The quantitative estimate of drug-likeness (QED) is 0.287. The van der Waals surface area contributed by atoms with Gasteiger partial charge in [-0.25, -0.2) is 9.97 Å². The minimum Gasteiger partial charge on any atom is -0.236 e. The van der Waals surface area contributed by atoms with E-state index < -0.39 is 0 Å². The molecule has 32 heavy (non-hydrogen) atoms. The number of hydrogen-bond donors (Lipinski definition) is 0. The molecule has 0 spiro atoms. The first-order valence-electron chi connectivity index (χ1n) is 11.3. The van der Waals surface area contributed by atoms with Crippen LogP contribution in [0.15, 0.2) is 67.0 Å². The highest BCUT2D eigenvalue weighted by atomic mass is 32.1. The van der Waals surface area contributed by atoms with Gasteiger partial charge in [0.15, 0.2) is 0 Å². The fourth-order valence-corrected chi connectivity index (χ4v) is 6.90. The van der Waals surface area contributed by atoms with Crippen molar-refractivity contribution in [2.24, 2.45) is 5.92 Å². The molecule has 3 aromatic carbocycles. The highest BCUT2D eigenvalue weighted by Crippen LogP contribution is 2.57. The summed E-state index contributed by atoms with van der Waals surface area (Å²) >= 11 is 1.91. The van der Waals surface area contributed by atoms with Gasteiger partial charge in [0, 0.05) is 25.9 Å². The molecule has 0 saturated heterocycles. The number of thiophene rings is 1. The molecule has 0 N–H and O–H groups in total. The summed E-state index contributed by atoms with van der Waals surface area (Å²) in [6.45, 7) is 9.25. The molecule has 2 aromatic heterocycles. The molecule has 158 valence electrons. The van der Waals surface area contributed by atoms with Crippen LogP contribution in [0.5, 0.6) is 0 Å². The van der Waals surface area contributed by atoms with Crippen molar-refractivity contribution >= 4 is 32.3 Å². The van der Waals surface area contributed by atoms with Crippen LogP contribution in [0.25, 0.3) is 42.7 Å². The van der Waals surface area contributed by atoms with Gasteiger partial charge >= 0.3 is 0 Å². The monoisotopic (exact) mass is 434 g/mol. The van der Waals surface area contributed by atoms with Crippen LogP contribution < -0.4 is 0 Å². The SMILES string of the molecule is CC(C)Cc1ccc2c(-c3cccc4c3C(C)(C)c3c-4sc4ccccc34)ncnc2c1. The first kappa shape index (κ1) is 19.6. The second kappa shape index (κ2) is 6.98. The Balaban J connectivity index is 1.59. The van der Waals surface area contributed by atoms with Gasteiger partial charge in [-0.05, 0) is 52.1 Å². The average Bonchev–Trinajstić information content (AvgIpc) is 3.27. The van der Waals surface area contributed by atoms with Crippen molar-refractivity contribution in [1.82, 2.24) is 9.97 Å². The highest BCUT2D eigenvalue weighted by Gasteiger charge is 2.40. The minimum atomic E-state index is -0.0876.